The molecule has 3 aromatic carbocycles. The quantitative estimate of drug-likeness (QED) is 0.142. The Balaban J connectivity index is 1.04. The van der Waals surface area contributed by atoms with Gasteiger partial charge in [0.25, 0.3) is 5.91 Å². The highest BCUT2D eigenvalue weighted by Crippen LogP contribution is 2.56. The van der Waals surface area contributed by atoms with Crippen LogP contribution in [0, 0.1) is 31.4 Å². The van der Waals surface area contributed by atoms with Crippen LogP contribution in [0.25, 0.3) is 28.1 Å². The Morgan fingerprint density at radius 3 is 2.36 bits per heavy atom. The number of hydrogen-bond donors (Lipinski definition) is 1. The van der Waals surface area contributed by atoms with Gasteiger partial charge in [0.05, 0.1) is 43.3 Å². The second kappa shape index (κ2) is 16.1. The lowest BCUT2D eigenvalue weighted by molar-refractivity contribution is -0.0592. The van der Waals surface area contributed by atoms with E-state index in [0.717, 1.165) is 42.1 Å². The third-order valence-electron chi connectivity index (χ3n) is 14.9. The summed E-state index contributed by atoms with van der Waals surface area (Å²) in [6, 6.07) is 15.2. The third kappa shape index (κ3) is 7.18. The summed E-state index contributed by atoms with van der Waals surface area (Å²) < 4.78 is 67.1. The lowest BCUT2D eigenvalue weighted by Gasteiger charge is -2.35. The Morgan fingerprint density at radius 2 is 1.71 bits per heavy atom. The SMILES string of the molecule is CCN=[S@@](=O)(c1ccc(-n2ccn(-c3c4c(nn3-c3cc(C)c(F)c(C)c3)CCN(C(=O)c3cc5cc([C@H]6CCOC(C)(C)C6)ccc5n3[C@@]3(c5noc(=O)[nH]5)C[C@@H]3C)[C@H]4C)c2=O)c(F)c1)C1CC1. The fourth-order valence-corrected chi connectivity index (χ4v) is 13.7. The summed E-state index contributed by atoms with van der Waals surface area (Å²) in [5.74, 6) is -1.15. The van der Waals surface area contributed by atoms with Crippen LogP contribution in [0.4, 0.5) is 8.78 Å². The molecule has 5 atom stereocenters. The predicted octanol–water partition coefficient (Wildman–Crippen LogP) is 8.56. The molecule has 15 nitrogen and oxygen atoms in total. The van der Waals surface area contributed by atoms with Crippen molar-refractivity contribution < 1.29 is 27.0 Å². The number of aromatic nitrogens is 7. The molecule has 1 N–H and O–H groups in total. The lowest BCUT2D eigenvalue weighted by atomic mass is 9.83. The van der Waals surface area contributed by atoms with E-state index in [9.17, 15) is 13.8 Å². The minimum absolute atomic E-state index is 0.0141. The average Bonchev–Trinajstić information content (AvgIpc) is 4.05. The molecule has 3 fully saturated rings. The molecular weight excluding hydrogens is 905 g/mol. The number of halogens is 2. The molecule has 1 amide bonds. The number of hydrogen-bond acceptors (Lipinski definition) is 9. The zero-order valence-electron chi connectivity index (χ0n) is 39.7. The molecule has 4 aliphatic rings. The van der Waals surface area contributed by atoms with E-state index in [1.807, 2.05) is 17.6 Å². The van der Waals surface area contributed by atoms with Gasteiger partial charge in [0.2, 0.25) is 0 Å². The Hall–Kier alpha value is -6.40. The van der Waals surface area contributed by atoms with Crippen LogP contribution in [0.15, 0.2) is 90.4 Å². The van der Waals surface area contributed by atoms with Crippen LogP contribution in [0.2, 0.25) is 0 Å². The number of amides is 1. The van der Waals surface area contributed by atoms with Crippen LogP contribution in [-0.4, -0.2) is 79.2 Å². The van der Waals surface area contributed by atoms with Crippen LogP contribution in [-0.2, 0) is 26.4 Å². The number of H-pyrrole nitrogens is 1. The van der Waals surface area contributed by atoms with E-state index in [-0.39, 0.29) is 46.6 Å². The molecule has 7 aromatic rings. The first-order valence-corrected chi connectivity index (χ1v) is 25.4. The van der Waals surface area contributed by atoms with Crippen molar-refractivity contribution in [2.24, 2.45) is 10.3 Å². The monoisotopic (exact) mass is 959 g/mol. The molecule has 360 valence electrons. The molecule has 0 bridgehead atoms. The van der Waals surface area contributed by atoms with E-state index in [4.69, 9.17) is 14.4 Å². The molecule has 18 heteroatoms. The van der Waals surface area contributed by atoms with Gasteiger partial charge in [-0.2, -0.15) is 5.10 Å². The first-order valence-electron chi connectivity index (χ1n) is 23.8. The van der Waals surface area contributed by atoms with Crippen molar-refractivity contribution in [2.75, 3.05) is 19.7 Å². The molecule has 2 aliphatic carbocycles. The fourth-order valence-electron chi connectivity index (χ4n) is 11.2. The summed E-state index contributed by atoms with van der Waals surface area (Å²) in [6.07, 6.45) is 7.15. The standard InChI is InChI=1S/C51H55F2N9O6S/c1-8-54-69(66,36-10-11-36)37-12-14-41(38(52)25-37)59-18-19-60(49(59)65)45-43-31(5)58(17-15-39(43)56-62(45)35-21-28(2)44(53)29(3)22-35)46(63)42-24-34-23-32(33-16-20-67-50(6,7)27-33)9-13-40(34)61(42)51(26-30(51)4)47-55-48(64)68-57-47/h9,12-14,18-19,21-25,30-31,33,36H,8,10-11,15-17,20,26-27H2,1-7H3,(H,55,57,64)/t30-,31-,33-,51-,69-/m0/s1. The molecule has 2 aliphatic heterocycles. The van der Waals surface area contributed by atoms with E-state index in [1.165, 1.54) is 33.7 Å². The maximum Gasteiger partial charge on any atom is 0.438 e. The van der Waals surface area contributed by atoms with Crippen LogP contribution in [0.1, 0.15) is 123 Å². The van der Waals surface area contributed by atoms with Crippen LogP contribution >= 0.6 is 0 Å². The smallest absolute Gasteiger partial charge is 0.376 e. The normalized spacial score (nSPS) is 23.0. The maximum atomic E-state index is 16.2. The first kappa shape index (κ1) is 45.1. The summed E-state index contributed by atoms with van der Waals surface area (Å²) in [7, 11) is -2.83. The van der Waals surface area contributed by atoms with Gasteiger partial charge in [-0.05, 0) is 151 Å². The largest absolute Gasteiger partial charge is 0.438 e. The van der Waals surface area contributed by atoms with Crippen molar-refractivity contribution in [3.63, 3.8) is 0 Å². The minimum atomic E-state index is -2.83. The number of ether oxygens (including phenoxy) is 1. The Labute approximate surface area is 397 Å². The van der Waals surface area contributed by atoms with Gasteiger partial charge in [0, 0.05) is 60.2 Å². The van der Waals surface area contributed by atoms with Crippen LogP contribution in [0.5, 0.6) is 0 Å². The van der Waals surface area contributed by atoms with E-state index in [1.54, 1.807) is 48.6 Å². The summed E-state index contributed by atoms with van der Waals surface area (Å²) >= 11 is 0. The number of rotatable bonds is 10. The maximum absolute atomic E-state index is 16.2. The average molecular weight is 960 g/mol. The van der Waals surface area contributed by atoms with E-state index < -0.39 is 38.6 Å². The predicted molar refractivity (Wildman–Crippen MR) is 255 cm³/mol. The molecule has 0 unspecified atom stereocenters. The van der Waals surface area contributed by atoms with Crippen molar-refractivity contribution in [2.45, 2.75) is 120 Å². The Bertz CT molecular complexity index is 3490. The molecule has 4 aromatic heterocycles. The topological polar surface area (TPSA) is 168 Å². The van der Waals surface area contributed by atoms with E-state index >= 15 is 13.6 Å². The van der Waals surface area contributed by atoms with Gasteiger partial charge in [-0.1, -0.05) is 18.1 Å². The zero-order valence-corrected chi connectivity index (χ0v) is 40.5. The van der Waals surface area contributed by atoms with E-state index in [0.29, 0.717) is 76.3 Å². The second-order valence-electron chi connectivity index (χ2n) is 20.0. The number of aryl methyl sites for hydroxylation is 2. The number of nitrogens with zero attached hydrogens (tertiary/aromatic N) is 8. The van der Waals surface area contributed by atoms with Gasteiger partial charge in [0.1, 0.15) is 28.7 Å². The molecule has 2 saturated carbocycles. The van der Waals surface area contributed by atoms with Crippen LogP contribution < -0.4 is 11.4 Å². The van der Waals surface area contributed by atoms with Gasteiger partial charge in [-0.25, -0.2) is 31.6 Å². The molecule has 0 radical (unpaired) electrons. The van der Waals surface area contributed by atoms with Gasteiger partial charge in [-0.15, -0.1) is 0 Å². The highest BCUT2D eigenvalue weighted by Gasteiger charge is 2.59. The minimum Gasteiger partial charge on any atom is -0.376 e. The fraction of sp³-hybridized carbons (Fsp3) is 0.431. The Kier molecular flexibility index (Phi) is 10.5. The van der Waals surface area contributed by atoms with Gasteiger partial charge in [-0.3, -0.25) is 23.4 Å². The van der Waals surface area contributed by atoms with Crippen molar-refractivity contribution in [1.82, 2.24) is 38.5 Å². The number of imidazole rings is 1. The molecule has 69 heavy (non-hydrogen) atoms. The number of nitrogens with one attached hydrogen (secondary N) is 1. The van der Waals surface area contributed by atoms with Crippen molar-refractivity contribution >= 4 is 26.5 Å². The summed E-state index contributed by atoms with van der Waals surface area (Å²) in [5.41, 5.74) is 3.06. The zero-order chi connectivity index (χ0) is 48.5. The van der Waals surface area contributed by atoms with Crippen LogP contribution in [0.3, 0.4) is 0 Å². The summed E-state index contributed by atoms with van der Waals surface area (Å²) in [5, 5.41) is 9.98. The molecular formula is C51H55F2N9O6S. The van der Waals surface area contributed by atoms with Gasteiger partial charge in [0.15, 0.2) is 5.82 Å². The first-order chi connectivity index (χ1) is 32.9. The van der Waals surface area contributed by atoms with Gasteiger partial charge < -0.3 is 14.2 Å². The third-order valence-corrected chi connectivity index (χ3v) is 17.9. The molecule has 1 saturated heterocycles. The Morgan fingerprint density at radius 1 is 0.971 bits per heavy atom. The van der Waals surface area contributed by atoms with Crippen molar-refractivity contribution in [1.29, 1.82) is 0 Å². The van der Waals surface area contributed by atoms with Crippen molar-refractivity contribution in [3.8, 4) is 17.2 Å². The molecule has 11 rings (SSSR count). The lowest BCUT2D eigenvalue weighted by Crippen LogP contribution is -2.41. The summed E-state index contributed by atoms with van der Waals surface area (Å²) in [4.78, 5) is 47.7. The molecule has 6 heterocycles. The van der Waals surface area contributed by atoms with Gasteiger partial charge >= 0.3 is 11.4 Å². The van der Waals surface area contributed by atoms with E-state index in [2.05, 4.69) is 53.5 Å². The number of aromatic amines is 1. The van der Waals surface area contributed by atoms with Crippen molar-refractivity contribution in [3.05, 3.63) is 139 Å². The highest BCUT2D eigenvalue weighted by atomic mass is 32.2. The number of fused-ring (bicyclic) bond motifs is 2. The summed E-state index contributed by atoms with van der Waals surface area (Å²) in [6.45, 7) is 14.6. The highest BCUT2D eigenvalue weighted by molar-refractivity contribution is 7.94. The second-order valence-corrected chi connectivity index (χ2v) is 22.5. The number of benzene rings is 3. The number of carbonyl (C=O) groups is 1. The number of carbonyl (C=O) groups excluding carboxylic acids is 1. The molecule has 0 spiro atoms.